The normalized spacial score (nSPS) is 17.0. The summed E-state index contributed by atoms with van der Waals surface area (Å²) in [5.41, 5.74) is 2.23. The summed E-state index contributed by atoms with van der Waals surface area (Å²) in [7, 11) is 1.63. The van der Waals surface area contributed by atoms with Gasteiger partial charge in [0, 0.05) is 55.8 Å². The Bertz CT molecular complexity index is 1160. The fourth-order valence-electron chi connectivity index (χ4n) is 4.20. The molecule has 1 aliphatic heterocycles. The van der Waals surface area contributed by atoms with Crippen LogP contribution in [0.5, 0.6) is 5.75 Å². The van der Waals surface area contributed by atoms with Crippen LogP contribution in [0.2, 0.25) is 0 Å². The first kappa shape index (κ1) is 21.2. The highest BCUT2D eigenvalue weighted by atomic mass is 16.5. The quantitative estimate of drug-likeness (QED) is 0.650. The molecule has 8 nitrogen and oxygen atoms in total. The molecule has 1 aliphatic carbocycles. The molecule has 1 saturated carbocycles. The summed E-state index contributed by atoms with van der Waals surface area (Å²) in [6.07, 6.45) is 4.67. The molecule has 1 aromatic heterocycles. The summed E-state index contributed by atoms with van der Waals surface area (Å²) in [6, 6.07) is 15.2. The minimum absolute atomic E-state index is 0.0558. The van der Waals surface area contributed by atoms with Gasteiger partial charge in [-0.3, -0.25) is 9.59 Å². The van der Waals surface area contributed by atoms with Crippen molar-refractivity contribution in [2.45, 2.75) is 18.4 Å². The molecule has 2 fully saturated rings. The predicted octanol–water partition coefficient (Wildman–Crippen LogP) is 2.36. The predicted molar refractivity (Wildman–Crippen MR) is 122 cm³/mol. The molecule has 0 radical (unpaired) electrons. The molecule has 1 N–H and O–H groups in total. The number of amides is 2. The zero-order valence-electron chi connectivity index (χ0n) is 18.5. The maximum Gasteiger partial charge on any atom is 0.254 e. The van der Waals surface area contributed by atoms with E-state index in [0.717, 1.165) is 22.6 Å². The highest BCUT2D eigenvalue weighted by molar-refractivity contribution is 5.95. The monoisotopic (exact) mass is 446 g/mol. The number of carbonyl (C=O) groups is 2. The molecule has 8 heteroatoms. The number of aliphatic hydroxyl groups is 1. The molecule has 2 aliphatic rings. The van der Waals surface area contributed by atoms with Crippen molar-refractivity contribution in [2.24, 2.45) is 0 Å². The van der Waals surface area contributed by atoms with Crippen LogP contribution < -0.4 is 4.74 Å². The van der Waals surface area contributed by atoms with E-state index in [1.165, 1.54) is 0 Å². The molecular weight excluding hydrogens is 420 g/mol. The minimum atomic E-state index is -1.15. The fourth-order valence-corrected chi connectivity index (χ4v) is 4.20. The van der Waals surface area contributed by atoms with Crippen molar-refractivity contribution in [3.05, 3.63) is 66.5 Å². The van der Waals surface area contributed by atoms with Gasteiger partial charge in [0.1, 0.15) is 11.4 Å². The number of hydrogen-bond acceptors (Lipinski definition) is 5. The SMILES string of the molecule is COc1cc(-n2cccn2)ccc1-c1ccc(C(=O)N2CCN(C(=O)C3(O)CC3)CC2)cc1. The van der Waals surface area contributed by atoms with E-state index in [1.807, 2.05) is 54.7 Å². The molecule has 170 valence electrons. The van der Waals surface area contributed by atoms with Gasteiger partial charge in [0.15, 0.2) is 0 Å². The van der Waals surface area contributed by atoms with E-state index in [1.54, 1.807) is 27.8 Å². The second kappa shape index (κ2) is 8.37. The van der Waals surface area contributed by atoms with Crippen LogP contribution in [0, 0.1) is 0 Å². The molecular formula is C25H26N4O4. The van der Waals surface area contributed by atoms with E-state index in [0.29, 0.717) is 44.6 Å². The van der Waals surface area contributed by atoms with Crippen LogP contribution in [0.25, 0.3) is 16.8 Å². The summed E-state index contributed by atoms with van der Waals surface area (Å²) < 4.78 is 7.37. The Morgan fingerprint density at radius 2 is 1.70 bits per heavy atom. The number of ether oxygens (including phenoxy) is 1. The largest absolute Gasteiger partial charge is 0.496 e. The number of piperazine rings is 1. The van der Waals surface area contributed by atoms with Crippen LogP contribution >= 0.6 is 0 Å². The smallest absolute Gasteiger partial charge is 0.254 e. The molecule has 5 rings (SSSR count). The van der Waals surface area contributed by atoms with Crippen LogP contribution in [0.4, 0.5) is 0 Å². The van der Waals surface area contributed by atoms with E-state index >= 15 is 0 Å². The van der Waals surface area contributed by atoms with Crippen molar-refractivity contribution in [2.75, 3.05) is 33.3 Å². The van der Waals surface area contributed by atoms with Crippen LogP contribution in [-0.4, -0.2) is 75.4 Å². The van der Waals surface area contributed by atoms with Gasteiger partial charge >= 0.3 is 0 Å². The average Bonchev–Trinajstić information content (AvgIpc) is 3.38. The van der Waals surface area contributed by atoms with Gasteiger partial charge in [-0.2, -0.15) is 5.10 Å². The molecule has 0 unspecified atom stereocenters. The third kappa shape index (κ3) is 4.09. The topological polar surface area (TPSA) is 87.9 Å². The number of rotatable bonds is 5. The van der Waals surface area contributed by atoms with Crippen LogP contribution in [0.15, 0.2) is 60.9 Å². The Morgan fingerprint density at radius 1 is 1.00 bits per heavy atom. The standard InChI is InChI=1S/C25H26N4O4/c1-33-22-17-20(29-12-2-11-26-29)7-8-21(22)18-3-5-19(6-4-18)23(30)27-13-15-28(16-14-27)24(31)25(32)9-10-25/h2-8,11-12,17,32H,9-10,13-16H2,1H3. The van der Waals surface area contributed by atoms with Crippen molar-refractivity contribution in [1.29, 1.82) is 0 Å². The summed E-state index contributed by atoms with van der Waals surface area (Å²) in [5.74, 6) is 0.464. The zero-order valence-corrected chi connectivity index (χ0v) is 18.5. The van der Waals surface area contributed by atoms with Gasteiger partial charge in [-0.25, -0.2) is 4.68 Å². The van der Waals surface area contributed by atoms with Crippen LogP contribution in [0.1, 0.15) is 23.2 Å². The molecule has 0 spiro atoms. The van der Waals surface area contributed by atoms with Crippen LogP contribution in [-0.2, 0) is 4.79 Å². The third-order valence-corrected chi connectivity index (χ3v) is 6.37. The van der Waals surface area contributed by atoms with Crippen molar-refractivity contribution in [3.8, 4) is 22.6 Å². The summed E-state index contributed by atoms with van der Waals surface area (Å²) in [4.78, 5) is 28.7. The van der Waals surface area contributed by atoms with E-state index in [2.05, 4.69) is 5.10 Å². The number of carbonyl (C=O) groups excluding carboxylic acids is 2. The lowest BCUT2D eigenvalue weighted by atomic mass is 10.0. The van der Waals surface area contributed by atoms with Gasteiger partial charge in [0.2, 0.25) is 0 Å². The van der Waals surface area contributed by atoms with Gasteiger partial charge in [-0.05, 0) is 48.7 Å². The van der Waals surface area contributed by atoms with E-state index in [9.17, 15) is 14.7 Å². The number of hydrogen-bond donors (Lipinski definition) is 1. The summed E-state index contributed by atoms with van der Waals surface area (Å²) in [6.45, 7) is 1.83. The Hall–Kier alpha value is -3.65. The zero-order chi connectivity index (χ0) is 23.0. The molecule has 2 heterocycles. The molecule has 1 saturated heterocycles. The molecule has 0 bridgehead atoms. The number of nitrogens with zero attached hydrogens (tertiary/aromatic N) is 4. The third-order valence-electron chi connectivity index (χ3n) is 6.37. The van der Waals surface area contributed by atoms with Crippen molar-refractivity contribution < 1.29 is 19.4 Å². The second-order valence-corrected chi connectivity index (χ2v) is 8.53. The first-order chi connectivity index (χ1) is 16.0. The first-order valence-electron chi connectivity index (χ1n) is 11.1. The highest BCUT2D eigenvalue weighted by Gasteiger charge is 2.50. The molecule has 2 amide bonds. The maximum atomic E-state index is 13.0. The summed E-state index contributed by atoms with van der Waals surface area (Å²) in [5, 5.41) is 14.3. The Kier molecular flexibility index (Phi) is 5.38. The maximum absolute atomic E-state index is 13.0. The lowest BCUT2D eigenvalue weighted by molar-refractivity contribution is -0.143. The van der Waals surface area contributed by atoms with E-state index in [4.69, 9.17) is 4.74 Å². The van der Waals surface area contributed by atoms with Gasteiger partial charge in [-0.1, -0.05) is 12.1 Å². The fraction of sp³-hybridized carbons (Fsp3) is 0.320. The van der Waals surface area contributed by atoms with Crippen molar-refractivity contribution in [1.82, 2.24) is 19.6 Å². The number of aromatic nitrogens is 2. The van der Waals surface area contributed by atoms with Crippen LogP contribution in [0.3, 0.4) is 0 Å². The molecule has 33 heavy (non-hydrogen) atoms. The highest BCUT2D eigenvalue weighted by Crippen LogP contribution is 2.37. The van der Waals surface area contributed by atoms with Crippen molar-refractivity contribution in [3.63, 3.8) is 0 Å². The summed E-state index contributed by atoms with van der Waals surface area (Å²) >= 11 is 0. The van der Waals surface area contributed by atoms with E-state index < -0.39 is 5.60 Å². The molecule has 2 aromatic carbocycles. The number of methoxy groups -OCH3 is 1. The van der Waals surface area contributed by atoms with Gasteiger partial charge in [-0.15, -0.1) is 0 Å². The van der Waals surface area contributed by atoms with E-state index in [-0.39, 0.29) is 11.8 Å². The van der Waals surface area contributed by atoms with Gasteiger partial charge in [0.05, 0.1) is 12.8 Å². The first-order valence-corrected chi connectivity index (χ1v) is 11.1. The Morgan fingerprint density at radius 3 is 2.30 bits per heavy atom. The van der Waals surface area contributed by atoms with Gasteiger partial charge in [0.25, 0.3) is 11.8 Å². The lowest BCUT2D eigenvalue weighted by Crippen LogP contribution is -2.53. The lowest BCUT2D eigenvalue weighted by Gasteiger charge is -2.35. The van der Waals surface area contributed by atoms with Crippen molar-refractivity contribution >= 4 is 11.8 Å². The average molecular weight is 447 g/mol. The molecule has 0 atom stereocenters. The minimum Gasteiger partial charge on any atom is -0.496 e. The Labute approximate surface area is 192 Å². The van der Waals surface area contributed by atoms with Gasteiger partial charge < -0.3 is 19.6 Å². The Balaban J connectivity index is 1.27. The number of benzene rings is 2. The second-order valence-electron chi connectivity index (χ2n) is 8.53. The molecule has 3 aromatic rings.